The average molecular weight is 474 g/mol. The molecule has 35 heavy (non-hydrogen) atoms. The fourth-order valence-electron chi connectivity index (χ4n) is 4.28. The van der Waals surface area contributed by atoms with Crippen LogP contribution in [0.15, 0.2) is 66.9 Å². The van der Waals surface area contributed by atoms with Crippen LogP contribution in [0, 0.1) is 5.92 Å². The lowest BCUT2D eigenvalue weighted by Gasteiger charge is -2.22. The van der Waals surface area contributed by atoms with E-state index < -0.39 is 24.0 Å². The van der Waals surface area contributed by atoms with Gasteiger partial charge < -0.3 is 20.5 Å². The molecular weight excluding hydrogens is 446 g/mol. The minimum absolute atomic E-state index is 0.0742. The molecule has 1 atom stereocenters. The van der Waals surface area contributed by atoms with Crippen molar-refractivity contribution in [2.75, 3.05) is 11.9 Å². The molecule has 0 spiro atoms. The molecule has 1 heterocycles. The van der Waals surface area contributed by atoms with E-state index in [1.807, 2.05) is 50.2 Å². The summed E-state index contributed by atoms with van der Waals surface area (Å²) in [5.41, 5.74) is 5.29. The second kappa shape index (κ2) is 10.4. The predicted molar refractivity (Wildman–Crippen MR) is 131 cm³/mol. The van der Waals surface area contributed by atoms with Gasteiger partial charge in [-0.3, -0.25) is 14.6 Å². The highest BCUT2D eigenvalue weighted by Gasteiger charge is 2.30. The summed E-state index contributed by atoms with van der Waals surface area (Å²) in [4.78, 5) is 40.3. The Morgan fingerprint density at radius 2 is 1.60 bits per heavy atom. The molecule has 0 radical (unpaired) electrons. The Morgan fingerprint density at radius 3 is 2.14 bits per heavy atom. The number of benzene rings is 2. The third-order valence-corrected chi connectivity index (χ3v) is 5.99. The lowest BCUT2D eigenvalue weighted by molar-refractivity contribution is -0.136. The third-order valence-electron chi connectivity index (χ3n) is 5.99. The summed E-state index contributed by atoms with van der Waals surface area (Å²) in [6.07, 6.45) is 0.517. The monoisotopic (exact) mass is 473 g/mol. The Balaban J connectivity index is 1.38. The van der Waals surface area contributed by atoms with E-state index in [1.54, 1.807) is 6.07 Å². The number of rotatable bonds is 8. The first kappa shape index (κ1) is 23.9. The number of pyridine rings is 1. The number of nitrogens with zero attached hydrogens (tertiary/aromatic N) is 1. The zero-order valence-electron chi connectivity index (χ0n) is 19.5. The molecule has 2 aromatic carbocycles. The van der Waals surface area contributed by atoms with Crippen LogP contribution in [-0.4, -0.2) is 40.7 Å². The van der Waals surface area contributed by atoms with Gasteiger partial charge in [0.15, 0.2) is 0 Å². The topological polar surface area (TPSA) is 118 Å². The highest BCUT2D eigenvalue weighted by molar-refractivity contribution is 5.96. The highest BCUT2D eigenvalue weighted by Crippen LogP contribution is 2.44. The van der Waals surface area contributed by atoms with Crippen LogP contribution in [-0.2, 0) is 20.7 Å². The van der Waals surface area contributed by atoms with E-state index in [4.69, 9.17) is 9.84 Å². The number of fused-ring (bicyclic) bond motifs is 3. The van der Waals surface area contributed by atoms with Crippen LogP contribution >= 0.6 is 0 Å². The minimum Gasteiger partial charge on any atom is -0.481 e. The molecule has 8 nitrogen and oxygen atoms in total. The van der Waals surface area contributed by atoms with Crippen LogP contribution in [0.2, 0.25) is 0 Å². The van der Waals surface area contributed by atoms with Crippen molar-refractivity contribution in [3.05, 3.63) is 83.7 Å². The summed E-state index contributed by atoms with van der Waals surface area (Å²) in [5.74, 6) is -1.67. The summed E-state index contributed by atoms with van der Waals surface area (Å²) >= 11 is 0. The number of carboxylic acid groups (broad SMARTS) is 1. The first-order valence-electron chi connectivity index (χ1n) is 11.4. The molecule has 0 fully saturated rings. The van der Waals surface area contributed by atoms with Crippen molar-refractivity contribution >= 4 is 23.7 Å². The molecule has 8 heteroatoms. The van der Waals surface area contributed by atoms with Crippen LogP contribution < -0.4 is 10.6 Å². The number of ether oxygens (including phenoxy) is 1. The summed E-state index contributed by atoms with van der Waals surface area (Å²) < 4.78 is 5.58. The number of anilines is 1. The Morgan fingerprint density at radius 1 is 0.971 bits per heavy atom. The Kier molecular flexibility index (Phi) is 7.10. The number of carbonyl (C=O) groups is 3. The van der Waals surface area contributed by atoms with Gasteiger partial charge in [-0.1, -0.05) is 62.4 Å². The van der Waals surface area contributed by atoms with E-state index in [-0.39, 0.29) is 24.9 Å². The van der Waals surface area contributed by atoms with Gasteiger partial charge in [0.25, 0.3) is 0 Å². The predicted octanol–water partition coefficient (Wildman–Crippen LogP) is 4.21. The summed E-state index contributed by atoms with van der Waals surface area (Å²) in [6, 6.07) is 18.4. The number of aliphatic carboxylic acids is 1. The maximum Gasteiger partial charge on any atom is 0.407 e. The number of hydrogen-bond acceptors (Lipinski definition) is 5. The number of carboxylic acids is 1. The zero-order valence-corrected chi connectivity index (χ0v) is 19.5. The number of hydrogen-bond donors (Lipinski definition) is 3. The molecule has 0 bridgehead atoms. The average Bonchev–Trinajstić information content (AvgIpc) is 3.15. The molecular formula is C27H27N3O5. The second-order valence-corrected chi connectivity index (χ2v) is 8.79. The first-order chi connectivity index (χ1) is 16.8. The van der Waals surface area contributed by atoms with Crippen LogP contribution in [0.4, 0.5) is 10.5 Å². The second-order valence-electron chi connectivity index (χ2n) is 8.79. The quantitative estimate of drug-likeness (QED) is 0.451. The third kappa shape index (κ3) is 5.48. The zero-order chi connectivity index (χ0) is 24.9. The SMILES string of the molecule is CC(C)C(NC(=O)OCC1c2ccccc2-c2ccccc21)C(=O)Nc1ccc(CC(=O)O)nc1. The highest BCUT2D eigenvalue weighted by atomic mass is 16.5. The van der Waals surface area contributed by atoms with Crippen LogP contribution in [0.1, 0.15) is 36.6 Å². The Bertz CT molecular complexity index is 1190. The largest absolute Gasteiger partial charge is 0.481 e. The van der Waals surface area contributed by atoms with Crippen molar-refractivity contribution in [2.24, 2.45) is 5.92 Å². The molecule has 2 amide bonds. The fraction of sp³-hybridized carbons (Fsp3) is 0.259. The van der Waals surface area contributed by atoms with Crippen LogP contribution in [0.5, 0.6) is 0 Å². The van der Waals surface area contributed by atoms with Crippen molar-refractivity contribution in [1.29, 1.82) is 0 Å². The number of alkyl carbamates (subject to hydrolysis) is 1. The maximum absolute atomic E-state index is 12.8. The maximum atomic E-state index is 12.8. The molecule has 1 unspecified atom stereocenters. The number of carbonyl (C=O) groups excluding carboxylic acids is 2. The van der Waals surface area contributed by atoms with E-state index >= 15 is 0 Å². The van der Waals surface area contributed by atoms with Crippen molar-refractivity contribution in [3.63, 3.8) is 0 Å². The lowest BCUT2D eigenvalue weighted by Crippen LogP contribution is -2.47. The molecule has 1 aliphatic carbocycles. The van der Waals surface area contributed by atoms with Gasteiger partial charge >= 0.3 is 12.1 Å². The van der Waals surface area contributed by atoms with Gasteiger partial charge in [-0.25, -0.2) is 4.79 Å². The molecule has 1 aliphatic rings. The normalized spacial score (nSPS) is 13.0. The van der Waals surface area contributed by atoms with Gasteiger partial charge in [0.05, 0.1) is 24.0 Å². The van der Waals surface area contributed by atoms with Crippen molar-refractivity contribution in [2.45, 2.75) is 32.2 Å². The number of nitrogens with one attached hydrogen (secondary N) is 2. The van der Waals surface area contributed by atoms with Crippen molar-refractivity contribution < 1.29 is 24.2 Å². The van der Waals surface area contributed by atoms with Crippen molar-refractivity contribution in [1.82, 2.24) is 10.3 Å². The summed E-state index contributed by atoms with van der Waals surface area (Å²) in [6.45, 7) is 3.80. The van der Waals surface area contributed by atoms with Gasteiger partial charge in [-0.05, 0) is 40.3 Å². The van der Waals surface area contributed by atoms with Crippen LogP contribution in [0.25, 0.3) is 11.1 Å². The Hall–Kier alpha value is -4.20. The lowest BCUT2D eigenvalue weighted by atomic mass is 9.98. The fourth-order valence-corrected chi connectivity index (χ4v) is 4.28. The van der Waals surface area contributed by atoms with Crippen LogP contribution in [0.3, 0.4) is 0 Å². The minimum atomic E-state index is -0.985. The van der Waals surface area contributed by atoms with E-state index in [2.05, 4.69) is 27.8 Å². The van der Waals surface area contributed by atoms with E-state index in [9.17, 15) is 14.4 Å². The van der Waals surface area contributed by atoms with Crippen molar-refractivity contribution in [3.8, 4) is 11.1 Å². The molecule has 3 aromatic rings. The van der Waals surface area contributed by atoms with Gasteiger partial charge in [0.1, 0.15) is 12.6 Å². The summed E-state index contributed by atoms with van der Waals surface area (Å²) in [5, 5.41) is 14.2. The smallest absolute Gasteiger partial charge is 0.407 e. The molecule has 3 N–H and O–H groups in total. The standard InChI is InChI=1S/C27H27N3O5/c1-16(2)25(26(33)29-18-12-11-17(28-14-18)13-24(31)32)30-27(34)35-15-23-21-9-5-3-7-19(21)20-8-4-6-10-22(20)23/h3-12,14,16,23,25H,13,15H2,1-2H3,(H,29,33)(H,30,34)(H,31,32). The van der Waals surface area contributed by atoms with Gasteiger partial charge in [0, 0.05) is 5.92 Å². The molecule has 0 saturated carbocycles. The molecule has 0 aliphatic heterocycles. The van der Waals surface area contributed by atoms with Gasteiger partial charge in [-0.2, -0.15) is 0 Å². The van der Waals surface area contributed by atoms with Gasteiger partial charge in [0.2, 0.25) is 5.91 Å². The molecule has 180 valence electrons. The van der Waals surface area contributed by atoms with E-state index in [0.717, 1.165) is 22.3 Å². The van der Waals surface area contributed by atoms with E-state index in [0.29, 0.717) is 11.4 Å². The number of amides is 2. The summed E-state index contributed by atoms with van der Waals surface area (Å²) in [7, 11) is 0. The van der Waals surface area contributed by atoms with Gasteiger partial charge in [-0.15, -0.1) is 0 Å². The first-order valence-corrected chi connectivity index (χ1v) is 11.4. The number of aromatic nitrogens is 1. The Labute approximate surface area is 203 Å². The molecule has 1 aromatic heterocycles. The molecule has 0 saturated heterocycles. The van der Waals surface area contributed by atoms with E-state index in [1.165, 1.54) is 12.3 Å². The molecule has 4 rings (SSSR count).